The van der Waals surface area contributed by atoms with Crippen LogP contribution in [0.4, 0.5) is 0 Å². The Balaban J connectivity index is -0.000000125. The van der Waals surface area contributed by atoms with Gasteiger partial charge in [0.2, 0.25) is 0 Å². The van der Waals surface area contributed by atoms with E-state index in [1.54, 1.807) is 0 Å². The van der Waals surface area contributed by atoms with Crippen molar-refractivity contribution >= 4 is 37.1 Å². The molecule has 0 aromatic heterocycles. The molecule has 8 heavy (non-hydrogen) atoms. The normalized spacial score (nSPS) is 5.75. The summed E-state index contributed by atoms with van der Waals surface area (Å²) in [6, 6.07) is 0. The number of rotatable bonds is 3. The fraction of sp³-hybridized carbons (Fsp3) is 1.00. The van der Waals surface area contributed by atoms with Crippen molar-refractivity contribution in [1.82, 2.24) is 0 Å². The zero-order valence-electron chi connectivity index (χ0n) is 4.76. The summed E-state index contributed by atoms with van der Waals surface area (Å²) in [4.78, 5) is 2.38. The molecule has 0 amide bonds. The van der Waals surface area contributed by atoms with Gasteiger partial charge >= 0.3 is 58.2 Å². The topological polar surface area (TPSA) is 0 Å². The SMILES string of the molecule is [Br-].[Br-].[CH3][Sn+2][CH2]CCBr. The van der Waals surface area contributed by atoms with Gasteiger partial charge in [0.05, 0.1) is 0 Å². The quantitative estimate of drug-likeness (QED) is 0.250. The van der Waals surface area contributed by atoms with Gasteiger partial charge in [-0.2, -0.15) is 0 Å². The first-order valence-corrected chi connectivity index (χ1v) is 8.11. The van der Waals surface area contributed by atoms with Crippen molar-refractivity contribution in [2.24, 2.45) is 0 Å². The van der Waals surface area contributed by atoms with Crippen LogP contribution in [0.2, 0.25) is 9.38 Å². The molecule has 0 nitrogen and oxygen atoms in total. The van der Waals surface area contributed by atoms with E-state index in [2.05, 4.69) is 20.9 Å². The van der Waals surface area contributed by atoms with Crippen LogP contribution in [0, 0.1) is 0 Å². The zero-order valence-corrected chi connectivity index (χ0v) is 12.4. The molecule has 0 heterocycles. The van der Waals surface area contributed by atoms with Gasteiger partial charge in [-0.05, 0) is 0 Å². The summed E-state index contributed by atoms with van der Waals surface area (Å²) in [6.07, 6.45) is 1.41. The van der Waals surface area contributed by atoms with Crippen LogP contribution in [-0.4, -0.2) is 26.5 Å². The number of hydrogen-bond acceptors (Lipinski definition) is 0. The van der Waals surface area contributed by atoms with Gasteiger partial charge in [-0.1, -0.05) is 0 Å². The van der Waals surface area contributed by atoms with E-state index in [0.717, 1.165) is 0 Å². The maximum absolute atomic E-state index is 3.38. The van der Waals surface area contributed by atoms with E-state index in [4.69, 9.17) is 0 Å². The molecule has 0 aliphatic heterocycles. The molecule has 0 fully saturated rings. The Labute approximate surface area is 91.1 Å². The maximum atomic E-state index is 3.38. The van der Waals surface area contributed by atoms with Gasteiger partial charge < -0.3 is 34.0 Å². The fourth-order valence-electron chi connectivity index (χ4n) is 0.244. The van der Waals surface area contributed by atoms with Crippen molar-refractivity contribution in [3.8, 4) is 0 Å². The van der Waals surface area contributed by atoms with Crippen molar-refractivity contribution in [2.45, 2.75) is 15.8 Å². The average Bonchev–Trinajstić information content (AvgIpc) is 1.61. The second-order valence-electron chi connectivity index (χ2n) is 1.15. The Morgan fingerprint density at radius 2 is 1.88 bits per heavy atom. The Morgan fingerprint density at radius 3 is 2.00 bits per heavy atom. The monoisotopic (exact) mass is 414 g/mol. The predicted molar refractivity (Wildman–Crippen MR) is 34.8 cm³/mol. The molecule has 0 saturated carbocycles. The van der Waals surface area contributed by atoms with Crippen molar-refractivity contribution < 1.29 is 34.0 Å². The van der Waals surface area contributed by atoms with Gasteiger partial charge in [0.15, 0.2) is 0 Å². The minimum atomic E-state index is 0. The van der Waals surface area contributed by atoms with Gasteiger partial charge in [0, 0.05) is 0 Å². The Kier molecular flexibility index (Phi) is 33.6. The van der Waals surface area contributed by atoms with E-state index < -0.39 is 0 Å². The van der Waals surface area contributed by atoms with Crippen LogP contribution >= 0.6 is 15.9 Å². The third kappa shape index (κ3) is 15.7. The Hall–Kier alpha value is 2.24. The molecule has 0 aromatic rings. The summed E-state index contributed by atoms with van der Waals surface area (Å²) in [5, 5.41) is 1.21. The predicted octanol–water partition coefficient (Wildman–Crippen LogP) is -4.05. The molecule has 0 rings (SSSR count). The summed E-state index contributed by atoms with van der Waals surface area (Å²) in [6.45, 7) is 0. The van der Waals surface area contributed by atoms with Crippen LogP contribution in [-0.2, 0) is 0 Å². The zero-order chi connectivity index (χ0) is 4.83. The third-order valence-electron chi connectivity index (χ3n) is 0.560. The second kappa shape index (κ2) is 16.1. The number of hydrogen-bond donors (Lipinski definition) is 0. The molecule has 50 valence electrons. The first-order valence-electron chi connectivity index (χ1n) is 2.12. The summed E-state index contributed by atoms with van der Waals surface area (Å²) < 4.78 is 1.54. The van der Waals surface area contributed by atoms with Crippen LogP contribution in [0.1, 0.15) is 6.42 Å². The first-order chi connectivity index (χ1) is 2.91. The van der Waals surface area contributed by atoms with Crippen molar-refractivity contribution in [2.75, 3.05) is 5.33 Å². The summed E-state index contributed by atoms with van der Waals surface area (Å²) in [5.41, 5.74) is 0. The van der Waals surface area contributed by atoms with E-state index >= 15 is 0 Å². The minimum absolute atomic E-state index is 0. The molecule has 0 saturated heterocycles. The van der Waals surface area contributed by atoms with Gasteiger partial charge in [0.25, 0.3) is 0 Å². The van der Waals surface area contributed by atoms with Crippen LogP contribution in [0.25, 0.3) is 0 Å². The van der Waals surface area contributed by atoms with Gasteiger partial charge in [-0.15, -0.1) is 0 Å². The first kappa shape index (κ1) is 16.7. The molecule has 0 aromatic carbocycles. The van der Waals surface area contributed by atoms with Gasteiger partial charge in [0.1, 0.15) is 0 Å². The number of alkyl halides is 1. The Morgan fingerprint density at radius 1 is 1.38 bits per heavy atom. The molecular weight excluding hydrogens is 406 g/mol. The molecule has 0 bridgehead atoms. The van der Waals surface area contributed by atoms with E-state index in [9.17, 15) is 0 Å². The average molecular weight is 416 g/mol. The standard InChI is InChI=1S/C3H6Br.CH3.2BrH.Sn/c1-2-3-4;;;;/h1-3H2;1H3;2*1H;/q;;;;+2/p-2. The van der Waals surface area contributed by atoms with Crippen LogP contribution in [0.5, 0.6) is 0 Å². The molecular formula is C4H9Br3Sn. The molecule has 0 atom stereocenters. The van der Waals surface area contributed by atoms with E-state index in [1.807, 2.05) is 0 Å². The second-order valence-corrected chi connectivity index (χ2v) is 5.38. The molecule has 0 spiro atoms. The van der Waals surface area contributed by atoms with Crippen molar-refractivity contribution in [3.05, 3.63) is 0 Å². The fourth-order valence-corrected chi connectivity index (χ4v) is 3.51. The van der Waals surface area contributed by atoms with E-state index in [0.29, 0.717) is 0 Å². The molecule has 0 unspecified atom stereocenters. The molecule has 0 N–H and O–H groups in total. The summed E-state index contributed by atoms with van der Waals surface area (Å²) in [7, 11) is 0. The van der Waals surface area contributed by atoms with Crippen molar-refractivity contribution in [3.63, 3.8) is 0 Å². The third-order valence-corrected chi connectivity index (χ3v) is 3.56. The summed E-state index contributed by atoms with van der Waals surface area (Å²) in [5.74, 6) is 0. The molecule has 0 aliphatic carbocycles. The molecule has 0 aliphatic rings. The van der Waals surface area contributed by atoms with Gasteiger partial charge in [-0.25, -0.2) is 0 Å². The van der Waals surface area contributed by atoms with Crippen LogP contribution in [0.15, 0.2) is 0 Å². The summed E-state index contributed by atoms with van der Waals surface area (Å²) >= 11 is 3.54. The van der Waals surface area contributed by atoms with E-state index in [1.165, 1.54) is 16.2 Å². The Bertz CT molecular complexity index is 23.2. The molecule has 0 radical (unpaired) electrons. The molecule has 4 heteroatoms. The number of halogens is 3. The van der Waals surface area contributed by atoms with Crippen LogP contribution in [0.3, 0.4) is 0 Å². The van der Waals surface area contributed by atoms with Crippen LogP contribution < -0.4 is 34.0 Å². The van der Waals surface area contributed by atoms with Gasteiger partial charge in [-0.3, -0.25) is 0 Å². The van der Waals surface area contributed by atoms with Crippen molar-refractivity contribution in [1.29, 1.82) is 0 Å². The van der Waals surface area contributed by atoms with E-state index in [-0.39, 0.29) is 55.1 Å².